The molecule has 0 bridgehead atoms. The molecule has 1 aliphatic rings. The van der Waals surface area contributed by atoms with Crippen molar-refractivity contribution in [2.24, 2.45) is 5.92 Å². The van der Waals surface area contributed by atoms with Crippen LogP contribution < -0.4 is 4.74 Å². The minimum absolute atomic E-state index is 0.00259. The summed E-state index contributed by atoms with van der Waals surface area (Å²) in [7, 11) is 1.53. The van der Waals surface area contributed by atoms with Gasteiger partial charge in [0.05, 0.1) is 6.20 Å². The van der Waals surface area contributed by atoms with Crippen LogP contribution in [0.25, 0.3) is 0 Å². The molecule has 19 heavy (non-hydrogen) atoms. The van der Waals surface area contributed by atoms with Gasteiger partial charge in [0.1, 0.15) is 11.0 Å². The molecule has 1 aromatic rings. The molecule has 0 N–H and O–H groups in total. The molecular weight excluding hydrogens is 286 g/mol. The zero-order chi connectivity index (χ0) is 13.9. The highest BCUT2D eigenvalue weighted by atomic mass is 35.7. The number of hydrogen-bond acceptors (Lipinski definition) is 4. The van der Waals surface area contributed by atoms with Crippen LogP contribution in [0, 0.1) is 5.92 Å². The van der Waals surface area contributed by atoms with Gasteiger partial charge in [-0.25, -0.2) is 13.4 Å². The fourth-order valence-corrected chi connectivity index (χ4v) is 3.21. The third-order valence-corrected chi connectivity index (χ3v) is 4.97. The Labute approximate surface area is 118 Å². The Morgan fingerprint density at radius 2 is 2.11 bits per heavy atom. The molecule has 2 unspecified atom stereocenters. The molecule has 1 saturated carbocycles. The Balaban J connectivity index is 2.06. The summed E-state index contributed by atoms with van der Waals surface area (Å²) in [6, 6.07) is 2.99. The highest BCUT2D eigenvalue weighted by Crippen LogP contribution is 2.30. The van der Waals surface area contributed by atoms with Crippen LogP contribution in [0.1, 0.15) is 39.0 Å². The summed E-state index contributed by atoms with van der Waals surface area (Å²) in [6.07, 6.45) is 7.18. The Morgan fingerprint density at radius 1 is 1.37 bits per heavy atom. The van der Waals surface area contributed by atoms with Crippen LogP contribution in [-0.4, -0.2) is 19.5 Å². The zero-order valence-electron chi connectivity index (χ0n) is 10.9. The molecular formula is C13H18ClNO3S. The maximum Gasteiger partial charge on any atom is 0.262 e. The molecule has 2 atom stereocenters. The molecule has 0 saturated heterocycles. The topological polar surface area (TPSA) is 56.3 Å². The van der Waals surface area contributed by atoms with E-state index in [2.05, 4.69) is 11.9 Å². The van der Waals surface area contributed by atoms with E-state index in [0.29, 0.717) is 11.8 Å². The first-order valence-electron chi connectivity index (χ1n) is 6.58. The molecule has 0 radical (unpaired) electrons. The van der Waals surface area contributed by atoms with Gasteiger partial charge < -0.3 is 4.74 Å². The summed E-state index contributed by atoms with van der Waals surface area (Å²) >= 11 is 0. The van der Waals surface area contributed by atoms with Crippen molar-refractivity contribution in [3.63, 3.8) is 0 Å². The van der Waals surface area contributed by atoms with Crippen molar-refractivity contribution in [3.05, 3.63) is 18.3 Å². The van der Waals surface area contributed by atoms with Gasteiger partial charge in [-0.05, 0) is 37.7 Å². The van der Waals surface area contributed by atoms with Crippen molar-refractivity contribution >= 4 is 19.7 Å². The molecule has 6 heteroatoms. The average molecular weight is 304 g/mol. The molecule has 1 fully saturated rings. The number of aromatic nitrogens is 1. The molecule has 106 valence electrons. The van der Waals surface area contributed by atoms with Crippen LogP contribution in [0.5, 0.6) is 5.88 Å². The summed E-state index contributed by atoms with van der Waals surface area (Å²) in [5, 5.41) is 0. The standard InChI is InChI=1S/C13H18ClNO3S/c1-2-10-5-3-4-6-12(10)18-13-8-7-11(9-15-13)19(14,16)17/h7-10,12H,2-6H2,1H3. The van der Waals surface area contributed by atoms with Gasteiger partial charge >= 0.3 is 0 Å². The summed E-state index contributed by atoms with van der Waals surface area (Å²) in [5.41, 5.74) is 0. The third kappa shape index (κ3) is 3.83. The van der Waals surface area contributed by atoms with Crippen molar-refractivity contribution in [1.82, 2.24) is 4.98 Å². The quantitative estimate of drug-likeness (QED) is 0.800. The molecule has 1 aliphatic carbocycles. The average Bonchev–Trinajstić information content (AvgIpc) is 2.39. The van der Waals surface area contributed by atoms with Gasteiger partial charge in [-0.1, -0.05) is 13.3 Å². The lowest BCUT2D eigenvalue weighted by Crippen LogP contribution is -2.30. The Bertz CT molecular complexity index is 515. The van der Waals surface area contributed by atoms with E-state index in [1.807, 2.05) is 0 Å². The highest BCUT2D eigenvalue weighted by molar-refractivity contribution is 8.13. The van der Waals surface area contributed by atoms with Gasteiger partial charge in [0.15, 0.2) is 0 Å². The fourth-order valence-electron chi connectivity index (χ4n) is 2.53. The smallest absolute Gasteiger partial charge is 0.262 e. The van der Waals surface area contributed by atoms with Crippen molar-refractivity contribution < 1.29 is 13.2 Å². The summed E-state index contributed by atoms with van der Waals surface area (Å²) < 4.78 is 28.1. The molecule has 4 nitrogen and oxygen atoms in total. The normalized spacial score (nSPS) is 24.1. The van der Waals surface area contributed by atoms with Crippen LogP contribution >= 0.6 is 10.7 Å². The van der Waals surface area contributed by atoms with Crippen LogP contribution in [0.15, 0.2) is 23.2 Å². The number of halogens is 1. The van der Waals surface area contributed by atoms with E-state index in [1.54, 1.807) is 6.07 Å². The van der Waals surface area contributed by atoms with E-state index < -0.39 is 9.05 Å². The molecule has 1 heterocycles. The summed E-state index contributed by atoms with van der Waals surface area (Å²) in [4.78, 5) is 4.02. The zero-order valence-corrected chi connectivity index (χ0v) is 12.5. The molecule has 0 aromatic carbocycles. The van der Waals surface area contributed by atoms with Gasteiger partial charge in [-0.3, -0.25) is 0 Å². The Hall–Kier alpha value is -0.810. The number of rotatable bonds is 4. The van der Waals surface area contributed by atoms with E-state index >= 15 is 0 Å². The largest absolute Gasteiger partial charge is 0.474 e. The first-order chi connectivity index (χ1) is 9.00. The van der Waals surface area contributed by atoms with E-state index in [-0.39, 0.29) is 11.0 Å². The second-order valence-corrected chi connectivity index (χ2v) is 7.45. The number of hydrogen-bond donors (Lipinski definition) is 0. The second kappa shape index (κ2) is 6.09. The molecule has 0 spiro atoms. The first kappa shape index (κ1) is 14.6. The highest BCUT2D eigenvalue weighted by Gasteiger charge is 2.25. The first-order valence-corrected chi connectivity index (χ1v) is 8.89. The van der Waals surface area contributed by atoms with Crippen LogP contribution in [-0.2, 0) is 9.05 Å². The van der Waals surface area contributed by atoms with E-state index in [1.165, 1.54) is 31.5 Å². The molecule has 0 aliphatic heterocycles. The van der Waals surface area contributed by atoms with Gasteiger partial charge in [-0.15, -0.1) is 0 Å². The lowest BCUT2D eigenvalue weighted by atomic mass is 9.85. The Morgan fingerprint density at radius 3 is 2.68 bits per heavy atom. The lowest BCUT2D eigenvalue weighted by molar-refractivity contribution is 0.0857. The fraction of sp³-hybridized carbons (Fsp3) is 0.615. The number of nitrogens with zero attached hydrogens (tertiary/aromatic N) is 1. The van der Waals surface area contributed by atoms with Crippen molar-refractivity contribution in [2.45, 2.75) is 50.0 Å². The van der Waals surface area contributed by atoms with Crippen LogP contribution in [0.4, 0.5) is 0 Å². The van der Waals surface area contributed by atoms with Crippen molar-refractivity contribution in [2.75, 3.05) is 0 Å². The van der Waals surface area contributed by atoms with E-state index in [0.717, 1.165) is 12.8 Å². The van der Waals surface area contributed by atoms with E-state index in [9.17, 15) is 8.42 Å². The van der Waals surface area contributed by atoms with Crippen LogP contribution in [0.2, 0.25) is 0 Å². The molecule has 0 amide bonds. The SMILES string of the molecule is CCC1CCCCC1Oc1ccc(S(=O)(=O)Cl)cn1. The summed E-state index contributed by atoms with van der Waals surface area (Å²) in [6.45, 7) is 2.17. The lowest BCUT2D eigenvalue weighted by Gasteiger charge is -2.30. The monoisotopic (exact) mass is 303 g/mol. The van der Waals surface area contributed by atoms with Gasteiger partial charge in [0.2, 0.25) is 5.88 Å². The Kier molecular flexibility index (Phi) is 4.68. The van der Waals surface area contributed by atoms with Crippen molar-refractivity contribution in [3.8, 4) is 5.88 Å². The predicted molar refractivity (Wildman–Crippen MR) is 73.9 cm³/mol. The third-order valence-electron chi connectivity index (χ3n) is 3.63. The van der Waals surface area contributed by atoms with Gasteiger partial charge in [0, 0.05) is 16.7 Å². The summed E-state index contributed by atoms with van der Waals surface area (Å²) in [5.74, 6) is 1.03. The van der Waals surface area contributed by atoms with Crippen LogP contribution in [0.3, 0.4) is 0 Å². The second-order valence-electron chi connectivity index (χ2n) is 4.88. The van der Waals surface area contributed by atoms with Gasteiger partial charge in [-0.2, -0.15) is 0 Å². The van der Waals surface area contributed by atoms with Crippen molar-refractivity contribution in [1.29, 1.82) is 0 Å². The maximum atomic E-state index is 11.1. The minimum atomic E-state index is -3.71. The predicted octanol–water partition coefficient (Wildman–Crippen LogP) is 3.36. The number of ether oxygens (including phenoxy) is 1. The van der Waals surface area contributed by atoms with Gasteiger partial charge in [0.25, 0.3) is 9.05 Å². The molecule has 1 aromatic heterocycles. The van der Waals surface area contributed by atoms with E-state index in [4.69, 9.17) is 15.4 Å². The molecule has 2 rings (SSSR count). The number of pyridine rings is 1. The maximum absolute atomic E-state index is 11.1. The minimum Gasteiger partial charge on any atom is -0.474 e.